The number of carbonyl (C=O) groups excluding carboxylic acids is 1. The van der Waals surface area contributed by atoms with Gasteiger partial charge in [-0.2, -0.15) is 4.31 Å². The molecule has 156 valence electrons. The zero-order valence-corrected chi connectivity index (χ0v) is 17.6. The normalized spacial score (nSPS) is 15.9. The molecule has 6 nitrogen and oxygen atoms in total. The van der Waals surface area contributed by atoms with Gasteiger partial charge in [-0.15, -0.1) is 0 Å². The molecule has 0 unspecified atom stereocenters. The molecular weight excluding hydrogens is 395 g/mol. The summed E-state index contributed by atoms with van der Waals surface area (Å²) in [5.41, 5.74) is 0.906. The highest BCUT2D eigenvalue weighted by Gasteiger charge is 2.28. The number of sulfonamides is 1. The van der Waals surface area contributed by atoms with Gasteiger partial charge < -0.3 is 10.1 Å². The first-order valence-electron chi connectivity index (χ1n) is 9.39. The summed E-state index contributed by atoms with van der Waals surface area (Å²) in [6.45, 7) is 7.07. The number of hydrogen-bond acceptors (Lipinski definition) is 4. The molecule has 0 radical (unpaired) electrons. The number of carbonyl (C=O) groups is 1. The minimum absolute atomic E-state index is 0.116. The predicted molar refractivity (Wildman–Crippen MR) is 109 cm³/mol. The summed E-state index contributed by atoms with van der Waals surface area (Å²) in [5.74, 6) is -1.48. The molecular formula is C21H25FN2O4S. The smallest absolute Gasteiger partial charge is 0.258 e. The van der Waals surface area contributed by atoms with Crippen molar-refractivity contribution in [1.82, 2.24) is 4.31 Å². The van der Waals surface area contributed by atoms with E-state index in [9.17, 15) is 17.6 Å². The third-order valence-electron chi connectivity index (χ3n) is 4.77. The number of para-hydroxylation sites is 1. The number of anilines is 1. The number of morpholine rings is 1. The Morgan fingerprint density at radius 2 is 1.76 bits per heavy atom. The van der Waals surface area contributed by atoms with Crippen LogP contribution in [0.4, 0.5) is 10.1 Å². The molecule has 3 rings (SSSR count). The first kappa shape index (κ1) is 21.4. The van der Waals surface area contributed by atoms with E-state index in [1.165, 1.54) is 10.4 Å². The van der Waals surface area contributed by atoms with Crippen LogP contribution in [0, 0.1) is 5.82 Å². The summed E-state index contributed by atoms with van der Waals surface area (Å²) >= 11 is 0. The Labute approximate surface area is 170 Å². The minimum Gasteiger partial charge on any atom is -0.379 e. The molecule has 1 saturated heterocycles. The van der Waals surface area contributed by atoms with E-state index in [0.29, 0.717) is 18.9 Å². The molecule has 2 aromatic carbocycles. The summed E-state index contributed by atoms with van der Waals surface area (Å²) in [7, 11) is -3.83. The maximum Gasteiger partial charge on any atom is 0.258 e. The third kappa shape index (κ3) is 4.66. The van der Waals surface area contributed by atoms with Gasteiger partial charge in [-0.3, -0.25) is 4.79 Å². The number of amides is 1. The standard InChI is InChI=1S/C21H25FN2O4S/c1-21(2,3)17-6-4-5-7-19(17)23-20(25)16-14-15(8-9-18(16)22)29(26,27)24-10-12-28-13-11-24/h4-9,14H,10-13H2,1-3H3,(H,23,25). The van der Waals surface area contributed by atoms with Crippen LogP contribution < -0.4 is 5.32 Å². The van der Waals surface area contributed by atoms with Crippen LogP contribution in [0.3, 0.4) is 0 Å². The lowest BCUT2D eigenvalue weighted by Gasteiger charge is -2.26. The van der Waals surface area contributed by atoms with Crippen LogP contribution in [-0.2, 0) is 20.2 Å². The monoisotopic (exact) mass is 420 g/mol. The molecule has 1 fully saturated rings. The lowest BCUT2D eigenvalue weighted by molar-refractivity contribution is 0.0730. The van der Waals surface area contributed by atoms with E-state index in [4.69, 9.17) is 4.74 Å². The maximum atomic E-state index is 14.4. The number of ether oxygens (including phenoxy) is 1. The predicted octanol–water partition coefficient (Wildman–Crippen LogP) is 3.40. The average Bonchev–Trinajstić information content (AvgIpc) is 2.68. The molecule has 0 saturated carbocycles. The number of rotatable bonds is 4. The van der Waals surface area contributed by atoms with E-state index in [2.05, 4.69) is 5.32 Å². The van der Waals surface area contributed by atoms with Crippen molar-refractivity contribution in [2.75, 3.05) is 31.6 Å². The fourth-order valence-electron chi connectivity index (χ4n) is 3.21. The molecule has 2 aromatic rings. The zero-order valence-electron chi connectivity index (χ0n) is 16.7. The van der Waals surface area contributed by atoms with Crippen molar-refractivity contribution >= 4 is 21.6 Å². The summed E-state index contributed by atoms with van der Waals surface area (Å²) in [4.78, 5) is 12.7. The molecule has 0 spiro atoms. The first-order valence-corrected chi connectivity index (χ1v) is 10.8. The van der Waals surface area contributed by atoms with Gasteiger partial charge in [0, 0.05) is 18.8 Å². The summed E-state index contributed by atoms with van der Waals surface area (Å²) in [6, 6.07) is 10.6. The van der Waals surface area contributed by atoms with E-state index in [-0.39, 0.29) is 29.0 Å². The number of halogens is 1. The van der Waals surface area contributed by atoms with Gasteiger partial charge in [0.15, 0.2) is 0 Å². The van der Waals surface area contributed by atoms with Crippen molar-refractivity contribution in [3.63, 3.8) is 0 Å². The average molecular weight is 421 g/mol. The van der Waals surface area contributed by atoms with E-state index in [1.807, 2.05) is 32.9 Å². The zero-order chi connectivity index (χ0) is 21.2. The van der Waals surface area contributed by atoms with Gasteiger partial charge in [0.1, 0.15) is 5.82 Å². The summed E-state index contributed by atoms with van der Waals surface area (Å²) in [6.07, 6.45) is 0. The lowest BCUT2D eigenvalue weighted by atomic mass is 9.86. The van der Waals surface area contributed by atoms with Gasteiger partial charge in [0.05, 0.1) is 23.7 Å². The second kappa shape index (κ2) is 8.22. The fourth-order valence-corrected chi connectivity index (χ4v) is 4.65. The fraction of sp³-hybridized carbons (Fsp3) is 0.381. The molecule has 1 aliphatic heterocycles. The molecule has 1 N–H and O–H groups in total. The summed E-state index contributed by atoms with van der Waals surface area (Å²) < 4.78 is 46.5. The molecule has 1 amide bonds. The maximum absolute atomic E-state index is 14.4. The van der Waals surface area contributed by atoms with Gasteiger partial charge in [0.2, 0.25) is 10.0 Å². The molecule has 29 heavy (non-hydrogen) atoms. The molecule has 0 aliphatic carbocycles. The highest BCUT2D eigenvalue weighted by molar-refractivity contribution is 7.89. The van der Waals surface area contributed by atoms with Crippen molar-refractivity contribution in [3.8, 4) is 0 Å². The van der Waals surface area contributed by atoms with Crippen LogP contribution >= 0.6 is 0 Å². The quantitative estimate of drug-likeness (QED) is 0.823. The Hall–Kier alpha value is -2.29. The van der Waals surface area contributed by atoms with Gasteiger partial charge in [-0.05, 0) is 35.2 Å². The van der Waals surface area contributed by atoms with Crippen LogP contribution in [0.15, 0.2) is 47.4 Å². The van der Waals surface area contributed by atoms with E-state index < -0.39 is 21.7 Å². The largest absolute Gasteiger partial charge is 0.379 e. The Bertz CT molecular complexity index is 1010. The first-order chi connectivity index (χ1) is 13.6. The topological polar surface area (TPSA) is 75.7 Å². The molecule has 1 aliphatic rings. The van der Waals surface area contributed by atoms with Crippen LogP contribution in [0.25, 0.3) is 0 Å². The Morgan fingerprint density at radius 3 is 2.41 bits per heavy atom. The van der Waals surface area contributed by atoms with Crippen molar-refractivity contribution in [1.29, 1.82) is 0 Å². The summed E-state index contributed by atoms with van der Waals surface area (Å²) in [5, 5.41) is 2.73. The van der Waals surface area contributed by atoms with Crippen LogP contribution in [-0.4, -0.2) is 44.9 Å². The second-order valence-electron chi connectivity index (χ2n) is 7.91. The van der Waals surface area contributed by atoms with E-state index >= 15 is 0 Å². The van der Waals surface area contributed by atoms with Gasteiger partial charge in [0.25, 0.3) is 5.91 Å². The molecule has 0 atom stereocenters. The van der Waals surface area contributed by atoms with Crippen LogP contribution in [0.2, 0.25) is 0 Å². The Kier molecular flexibility index (Phi) is 6.07. The number of nitrogens with one attached hydrogen (secondary N) is 1. The number of hydrogen-bond donors (Lipinski definition) is 1. The number of nitrogens with zero attached hydrogens (tertiary/aromatic N) is 1. The second-order valence-corrected chi connectivity index (χ2v) is 9.85. The molecule has 0 aromatic heterocycles. The molecule has 1 heterocycles. The van der Waals surface area contributed by atoms with Crippen molar-refractivity contribution < 1.29 is 22.3 Å². The Balaban J connectivity index is 1.92. The van der Waals surface area contributed by atoms with Crippen molar-refractivity contribution in [2.45, 2.75) is 31.1 Å². The van der Waals surface area contributed by atoms with Crippen molar-refractivity contribution in [3.05, 3.63) is 59.4 Å². The van der Waals surface area contributed by atoms with Gasteiger partial charge in [-0.1, -0.05) is 39.0 Å². The molecule has 0 bridgehead atoms. The lowest BCUT2D eigenvalue weighted by Crippen LogP contribution is -2.40. The SMILES string of the molecule is CC(C)(C)c1ccccc1NC(=O)c1cc(S(=O)(=O)N2CCOCC2)ccc1F. The van der Waals surface area contributed by atoms with Gasteiger partial charge in [-0.25, -0.2) is 12.8 Å². The molecule has 8 heteroatoms. The van der Waals surface area contributed by atoms with Crippen molar-refractivity contribution in [2.24, 2.45) is 0 Å². The van der Waals surface area contributed by atoms with Gasteiger partial charge >= 0.3 is 0 Å². The highest BCUT2D eigenvalue weighted by Crippen LogP contribution is 2.30. The highest BCUT2D eigenvalue weighted by atomic mass is 32.2. The van der Waals surface area contributed by atoms with E-state index in [1.54, 1.807) is 12.1 Å². The minimum atomic E-state index is -3.83. The third-order valence-corrected chi connectivity index (χ3v) is 6.67. The van der Waals surface area contributed by atoms with Crippen LogP contribution in [0.5, 0.6) is 0 Å². The van der Waals surface area contributed by atoms with Crippen LogP contribution in [0.1, 0.15) is 36.7 Å². The Morgan fingerprint density at radius 1 is 1.10 bits per heavy atom. The number of benzene rings is 2. The van der Waals surface area contributed by atoms with E-state index in [0.717, 1.165) is 17.7 Å².